The summed E-state index contributed by atoms with van der Waals surface area (Å²) in [6.45, 7) is 5.05. The third kappa shape index (κ3) is 2.32. The second-order valence-electron chi connectivity index (χ2n) is 5.11. The van der Waals surface area contributed by atoms with Crippen molar-refractivity contribution in [2.75, 3.05) is 36.9 Å². The Morgan fingerprint density at radius 1 is 1.42 bits per heavy atom. The highest BCUT2D eigenvalue weighted by Crippen LogP contribution is 2.36. The standard InChI is InChI=1S/C13H18BrN3O2/c1-9-10(15)7-16-12(11(9)14)17-4-2-3-13(8-17)18-5-6-19-13/h7H,2-6,8,15H2,1H3. The summed E-state index contributed by atoms with van der Waals surface area (Å²) in [4.78, 5) is 6.67. The van der Waals surface area contributed by atoms with Crippen LogP contribution in [0.25, 0.3) is 0 Å². The van der Waals surface area contributed by atoms with Crippen molar-refractivity contribution in [3.05, 3.63) is 16.2 Å². The largest absolute Gasteiger partial charge is 0.397 e. The van der Waals surface area contributed by atoms with E-state index in [0.717, 1.165) is 41.8 Å². The van der Waals surface area contributed by atoms with E-state index < -0.39 is 5.79 Å². The van der Waals surface area contributed by atoms with Crippen molar-refractivity contribution in [1.29, 1.82) is 0 Å². The first-order valence-electron chi connectivity index (χ1n) is 6.55. The minimum atomic E-state index is -0.436. The third-order valence-electron chi connectivity index (χ3n) is 3.82. The minimum absolute atomic E-state index is 0.436. The molecule has 0 bridgehead atoms. The molecule has 104 valence electrons. The Bertz CT molecular complexity index is 489. The molecule has 2 N–H and O–H groups in total. The van der Waals surface area contributed by atoms with Crippen LogP contribution in [0.2, 0.25) is 0 Å². The number of ether oxygens (including phenoxy) is 2. The van der Waals surface area contributed by atoms with Gasteiger partial charge in [-0.05, 0) is 34.8 Å². The lowest BCUT2D eigenvalue weighted by molar-refractivity contribution is -0.161. The smallest absolute Gasteiger partial charge is 0.186 e. The zero-order chi connectivity index (χ0) is 13.5. The van der Waals surface area contributed by atoms with Gasteiger partial charge in [-0.3, -0.25) is 0 Å². The summed E-state index contributed by atoms with van der Waals surface area (Å²) >= 11 is 3.60. The van der Waals surface area contributed by atoms with Gasteiger partial charge in [0.05, 0.1) is 36.1 Å². The first-order valence-corrected chi connectivity index (χ1v) is 7.34. The highest BCUT2D eigenvalue weighted by atomic mass is 79.9. The van der Waals surface area contributed by atoms with Gasteiger partial charge in [0.25, 0.3) is 0 Å². The molecule has 0 radical (unpaired) electrons. The molecule has 1 aromatic heterocycles. The summed E-state index contributed by atoms with van der Waals surface area (Å²) in [6, 6.07) is 0. The van der Waals surface area contributed by atoms with Crippen molar-refractivity contribution < 1.29 is 9.47 Å². The van der Waals surface area contributed by atoms with Gasteiger partial charge in [0.15, 0.2) is 5.79 Å². The van der Waals surface area contributed by atoms with Crippen molar-refractivity contribution >= 4 is 27.4 Å². The average molecular weight is 328 g/mol. The van der Waals surface area contributed by atoms with Gasteiger partial charge in [0.2, 0.25) is 0 Å². The number of aromatic nitrogens is 1. The maximum Gasteiger partial charge on any atom is 0.186 e. The Morgan fingerprint density at radius 2 is 2.16 bits per heavy atom. The number of hydrogen-bond acceptors (Lipinski definition) is 5. The molecule has 0 atom stereocenters. The van der Waals surface area contributed by atoms with Crippen molar-refractivity contribution in [1.82, 2.24) is 4.98 Å². The highest BCUT2D eigenvalue weighted by molar-refractivity contribution is 9.10. The zero-order valence-electron chi connectivity index (χ0n) is 11.0. The van der Waals surface area contributed by atoms with Crippen LogP contribution in [0.5, 0.6) is 0 Å². The van der Waals surface area contributed by atoms with E-state index in [4.69, 9.17) is 15.2 Å². The van der Waals surface area contributed by atoms with Crippen LogP contribution in [0.4, 0.5) is 11.5 Å². The molecule has 2 aliphatic heterocycles. The van der Waals surface area contributed by atoms with Gasteiger partial charge in [0.1, 0.15) is 5.82 Å². The van der Waals surface area contributed by atoms with Crippen LogP contribution in [0.1, 0.15) is 18.4 Å². The van der Waals surface area contributed by atoms with E-state index in [1.165, 1.54) is 0 Å². The first-order chi connectivity index (χ1) is 9.11. The van der Waals surface area contributed by atoms with Crippen LogP contribution in [0, 0.1) is 6.92 Å². The predicted molar refractivity (Wildman–Crippen MR) is 77.2 cm³/mol. The number of nitrogens with two attached hydrogens (primary N) is 1. The number of hydrogen-bond donors (Lipinski definition) is 1. The van der Waals surface area contributed by atoms with E-state index >= 15 is 0 Å². The zero-order valence-corrected chi connectivity index (χ0v) is 12.6. The lowest BCUT2D eigenvalue weighted by Gasteiger charge is -2.39. The van der Waals surface area contributed by atoms with E-state index in [9.17, 15) is 0 Å². The van der Waals surface area contributed by atoms with Crippen LogP contribution in [-0.4, -0.2) is 37.1 Å². The maximum atomic E-state index is 5.87. The Hall–Kier alpha value is -0.850. The fraction of sp³-hybridized carbons (Fsp3) is 0.615. The lowest BCUT2D eigenvalue weighted by atomic mass is 10.0. The molecule has 3 heterocycles. The number of anilines is 2. The Morgan fingerprint density at radius 3 is 2.89 bits per heavy atom. The summed E-state index contributed by atoms with van der Waals surface area (Å²) < 4.78 is 12.6. The molecular formula is C13H18BrN3O2. The summed E-state index contributed by atoms with van der Waals surface area (Å²) in [5, 5.41) is 0. The van der Waals surface area contributed by atoms with Crippen LogP contribution in [0.15, 0.2) is 10.7 Å². The van der Waals surface area contributed by atoms with Crippen molar-refractivity contribution in [2.45, 2.75) is 25.6 Å². The molecule has 0 aromatic carbocycles. The topological polar surface area (TPSA) is 60.6 Å². The van der Waals surface area contributed by atoms with Crippen molar-refractivity contribution in [2.24, 2.45) is 0 Å². The van der Waals surface area contributed by atoms with E-state index in [1.54, 1.807) is 6.20 Å². The number of nitrogens with zero attached hydrogens (tertiary/aromatic N) is 2. The third-order valence-corrected chi connectivity index (χ3v) is 4.76. The first kappa shape index (κ1) is 13.1. The van der Waals surface area contributed by atoms with Gasteiger partial charge >= 0.3 is 0 Å². The molecule has 0 saturated carbocycles. The Balaban J connectivity index is 1.88. The Kier molecular flexibility index (Phi) is 3.41. The summed E-state index contributed by atoms with van der Waals surface area (Å²) in [5.74, 6) is 0.485. The maximum absolute atomic E-state index is 5.87. The molecule has 19 heavy (non-hydrogen) atoms. The van der Waals surface area contributed by atoms with Crippen molar-refractivity contribution in [3.8, 4) is 0 Å². The SMILES string of the molecule is Cc1c(N)cnc(N2CCCC3(C2)OCCO3)c1Br. The summed E-state index contributed by atoms with van der Waals surface area (Å²) in [5.41, 5.74) is 7.60. The molecule has 2 fully saturated rings. The van der Waals surface area contributed by atoms with Crippen LogP contribution < -0.4 is 10.6 Å². The fourth-order valence-corrected chi connectivity index (χ4v) is 3.28. The number of halogens is 1. The monoisotopic (exact) mass is 327 g/mol. The number of rotatable bonds is 1. The van der Waals surface area contributed by atoms with E-state index in [2.05, 4.69) is 25.8 Å². The van der Waals surface area contributed by atoms with E-state index in [1.807, 2.05) is 6.92 Å². The van der Waals surface area contributed by atoms with E-state index in [-0.39, 0.29) is 0 Å². The molecule has 0 amide bonds. The van der Waals surface area contributed by atoms with Gasteiger partial charge in [-0.1, -0.05) is 0 Å². The summed E-state index contributed by atoms with van der Waals surface area (Å²) in [7, 11) is 0. The Labute approximate surface area is 121 Å². The molecule has 0 unspecified atom stereocenters. The highest BCUT2D eigenvalue weighted by Gasteiger charge is 2.41. The normalized spacial score (nSPS) is 22.1. The number of pyridine rings is 1. The number of nitrogen functional groups attached to an aromatic ring is 1. The minimum Gasteiger partial charge on any atom is -0.397 e. The fourth-order valence-electron chi connectivity index (χ4n) is 2.70. The average Bonchev–Trinajstić information content (AvgIpc) is 2.84. The molecule has 6 heteroatoms. The lowest BCUT2D eigenvalue weighted by Crippen LogP contribution is -2.49. The van der Waals surface area contributed by atoms with Crippen molar-refractivity contribution in [3.63, 3.8) is 0 Å². The van der Waals surface area contributed by atoms with Crippen LogP contribution in [-0.2, 0) is 9.47 Å². The predicted octanol–water partition coefficient (Wildman–Crippen LogP) is 2.08. The van der Waals surface area contributed by atoms with Gasteiger partial charge in [0, 0.05) is 13.0 Å². The second-order valence-corrected chi connectivity index (χ2v) is 5.90. The van der Waals surface area contributed by atoms with Crippen LogP contribution >= 0.6 is 15.9 Å². The molecule has 1 aromatic rings. The molecule has 3 rings (SSSR count). The van der Waals surface area contributed by atoms with Crippen LogP contribution in [0.3, 0.4) is 0 Å². The van der Waals surface area contributed by atoms with Gasteiger partial charge in [-0.2, -0.15) is 0 Å². The van der Waals surface area contributed by atoms with E-state index in [0.29, 0.717) is 18.9 Å². The quantitative estimate of drug-likeness (QED) is 0.855. The van der Waals surface area contributed by atoms with Gasteiger partial charge in [-0.15, -0.1) is 0 Å². The summed E-state index contributed by atoms with van der Waals surface area (Å²) in [6.07, 6.45) is 3.71. The molecule has 0 aliphatic carbocycles. The second kappa shape index (κ2) is 4.92. The molecule has 2 aliphatic rings. The number of piperidine rings is 1. The van der Waals surface area contributed by atoms with Gasteiger partial charge in [-0.25, -0.2) is 4.98 Å². The molecule has 1 spiro atoms. The molecular weight excluding hydrogens is 310 g/mol. The van der Waals surface area contributed by atoms with Gasteiger partial charge < -0.3 is 20.1 Å². The molecule has 5 nitrogen and oxygen atoms in total. The molecule has 2 saturated heterocycles.